The highest BCUT2D eigenvalue weighted by atomic mass is 35.5. The van der Waals surface area contributed by atoms with E-state index in [2.05, 4.69) is 11.4 Å². The van der Waals surface area contributed by atoms with Crippen molar-refractivity contribution in [1.29, 1.82) is 5.26 Å². The van der Waals surface area contributed by atoms with Gasteiger partial charge in [-0.3, -0.25) is 4.79 Å². The Morgan fingerprint density at radius 2 is 1.97 bits per heavy atom. The van der Waals surface area contributed by atoms with Gasteiger partial charge < -0.3 is 14.8 Å². The number of benzene rings is 1. The molecule has 0 saturated heterocycles. The zero-order valence-electron chi connectivity index (χ0n) is 17.1. The molecule has 1 aliphatic rings. The van der Waals surface area contributed by atoms with Crippen molar-refractivity contribution < 1.29 is 14.3 Å². The van der Waals surface area contributed by atoms with Crippen LogP contribution in [0.5, 0.6) is 11.5 Å². The molecule has 0 atom stereocenters. The third kappa shape index (κ3) is 5.38. The number of pyridine rings is 1. The molecule has 30 heavy (non-hydrogen) atoms. The van der Waals surface area contributed by atoms with E-state index in [1.807, 2.05) is 6.07 Å². The number of nitrogens with zero attached hydrogens (tertiary/aromatic N) is 2. The minimum Gasteiger partial charge on any atom is -0.495 e. The van der Waals surface area contributed by atoms with Crippen molar-refractivity contribution in [1.82, 2.24) is 4.98 Å². The summed E-state index contributed by atoms with van der Waals surface area (Å²) in [5, 5.41) is 13.4. The Hall–Kier alpha value is -2.43. The summed E-state index contributed by atoms with van der Waals surface area (Å²) in [7, 11) is 3.03. The smallest absolute Gasteiger partial charge is 0.225 e. The molecule has 0 bridgehead atoms. The predicted molar refractivity (Wildman–Crippen MR) is 119 cm³/mol. The first kappa shape index (κ1) is 22.3. The maximum Gasteiger partial charge on any atom is 0.225 e. The molecule has 0 spiro atoms. The fraction of sp³-hybridized carbons (Fsp3) is 0.409. The van der Waals surface area contributed by atoms with Gasteiger partial charge in [0.2, 0.25) is 5.91 Å². The topological polar surface area (TPSA) is 84.2 Å². The van der Waals surface area contributed by atoms with Crippen LogP contribution in [0, 0.1) is 11.3 Å². The summed E-state index contributed by atoms with van der Waals surface area (Å²) in [6, 6.07) is 7.46. The summed E-state index contributed by atoms with van der Waals surface area (Å²) in [4.78, 5) is 17.2. The zero-order chi connectivity index (χ0) is 21.5. The molecule has 8 heteroatoms. The van der Waals surface area contributed by atoms with Crippen LogP contribution < -0.4 is 14.8 Å². The summed E-state index contributed by atoms with van der Waals surface area (Å²) in [5.74, 6) is 1.28. The van der Waals surface area contributed by atoms with E-state index < -0.39 is 0 Å². The number of anilines is 1. The highest BCUT2D eigenvalue weighted by molar-refractivity contribution is 7.99. The number of ether oxygens (including phenoxy) is 2. The van der Waals surface area contributed by atoms with Crippen LogP contribution in [-0.2, 0) is 17.6 Å². The number of nitrogens with one attached hydrogen (secondary N) is 1. The SMILES string of the molecule is COc1cc(OC)c(NC(=O)CCSc2nc3c(cc2C#N)CCCCC3)cc1Cl. The van der Waals surface area contributed by atoms with Crippen LogP contribution in [0.3, 0.4) is 0 Å². The van der Waals surface area contributed by atoms with E-state index >= 15 is 0 Å². The van der Waals surface area contributed by atoms with Crippen molar-refractivity contribution in [3.8, 4) is 17.6 Å². The van der Waals surface area contributed by atoms with Crippen molar-refractivity contribution in [2.45, 2.75) is 43.6 Å². The average Bonchev–Trinajstić information content (AvgIpc) is 2.98. The van der Waals surface area contributed by atoms with Crippen molar-refractivity contribution in [3.05, 3.63) is 40.0 Å². The molecule has 2 aromatic rings. The van der Waals surface area contributed by atoms with Crippen LogP contribution >= 0.6 is 23.4 Å². The van der Waals surface area contributed by atoms with Gasteiger partial charge in [0.25, 0.3) is 0 Å². The number of nitriles is 1. The third-order valence-corrected chi connectivity index (χ3v) is 6.24. The van der Waals surface area contributed by atoms with E-state index in [0.717, 1.165) is 31.4 Å². The van der Waals surface area contributed by atoms with Crippen LogP contribution in [0.15, 0.2) is 23.2 Å². The number of carbonyl (C=O) groups excluding carboxylic acids is 1. The quantitative estimate of drug-likeness (QED) is 0.476. The van der Waals surface area contributed by atoms with Crippen molar-refractivity contribution in [3.63, 3.8) is 0 Å². The van der Waals surface area contributed by atoms with Gasteiger partial charge in [-0.2, -0.15) is 5.26 Å². The molecule has 1 aromatic heterocycles. The monoisotopic (exact) mass is 445 g/mol. The number of aryl methyl sites for hydroxylation is 2. The number of methoxy groups -OCH3 is 2. The van der Waals surface area contributed by atoms with E-state index in [4.69, 9.17) is 26.1 Å². The molecule has 1 aromatic carbocycles. The average molecular weight is 446 g/mol. The van der Waals surface area contributed by atoms with Gasteiger partial charge in [-0.05, 0) is 43.4 Å². The van der Waals surface area contributed by atoms with E-state index in [-0.39, 0.29) is 12.3 Å². The highest BCUT2D eigenvalue weighted by Crippen LogP contribution is 2.36. The number of carbonyl (C=O) groups is 1. The molecular weight excluding hydrogens is 422 g/mol. The lowest BCUT2D eigenvalue weighted by Gasteiger charge is -2.13. The molecule has 1 N–H and O–H groups in total. The summed E-state index contributed by atoms with van der Waals surface area (Å²) in [6.45, 7) is 0. The summed E-state index contributed by atoms with van der Waals surface area (Å²) < 4.78 is 10.5. The number of hydrogen-bond donors (Lipinski definition) is 1. The molecule has 6 nitrogen and oxygen atoms in total. The zero-order valence-corrected chi connectivity index (χ0v) is 18.7. The van der Waals surface area contributed by atoms with Gasteiger partial charge in [0.1, 0.15) is 22.6 Å². The third-order valence-electron chi connectivity index (χ3n) is 4.95. The van der Waals surface area contributed by atoms with Crippen LogP contribution in [0.2, 0.25) is 5.02 Å². The molecule has 0 saturated carbocycles. The van der Waals surface area contributed by atoms with Crippen LogP contribution in [-0.4, -0.2) is 30.9 Å². The van der Waals surface area contributed by atoms with Crippen molar-refractivity contribution in [2.24, 2.45) is 0 Å². The number of aromatic nitrogens is 1. The lowest BCUT2D eigenvalue weighted by Crippen LogP contribution is -2.13. The first-order valence-electron chi connectivity index (χ1n) is 9.82. The van der Waals surface area contributed by atoms with E-state index in [1.165, 1.54) is 38.0 Å². The standard InChI is InChI=1S/C22H24ClN3O3S/c1-28-19-12-20(29-2)18(11-16(19)23)25-21(27)8-9-30-22-15(13-24)10-14-6-4-3-5-7-17(14)26-22/h10-12H,3-9H2,1-2H3,(H,25,27). The Labute approximate surface area is 185 Å². The second-order valence-corrected chi connectivity index (χ2v) is 8.44. The Morgan fingerprint density at radius 3 is 2.70 bits per heavy atom. The summed E-state index contributed by atoms with van der Waals surface area (Å²) in [5.41, 5.74) is 3.36. The Kier molecular flexibility index (Phi) is 7.83. The Bertz CT molecular complexity index is 975. The molecule has 0 radical (unpaired) electrons. The van der Waals surface area contributed by atoms with Crippen LogP contribution in [0.1, 0.15) is 42.5 Å². The number of thioether (sulfide) groups is 1. The molecule has 0 aliphatic heterocycles. The van der Waals surface area contributed by atoms with Gasteiger partial charge in [0.15, 0.2) is 0 Å². The lowest BCUT2D eigenvalue weighted by molar-refractivity contribution is -0.115. The molecule has 1 amide bonds. The van der Waals surface area contributed by atoms with Crippen LogP contribution in [0.4, 0.5) is 5.69 Å². The Morgan fingerprint density at radius 1 is 1.20 bits per heavy atom. The van der Waals surface area contributed by atoms with Crippen molar-refractivity contribution in [2.75, 3.05) is 25.3 Å². The fourth-order valence-corrected chi connectivity index (χ4v) is 4.55. The van der Waals surface area contributed by atoms with Crippen LogP contribution in [0.25, 0.3) is 0 Å². The maximum atomic E-state index is 12.4. The molecule has 1 heterocycles. The summed E-state index contributed by atoms with van der Waals surface area (Å²) >= 11 is 7.59. The van der Waals surface area contributed by atoms with Gasteiger partial charge in [-0.15, -0.1) is 11.8 Å². The van der Waals surface area contributed by atoms with Gasteiger partial charge in [0.05, 0.1) is 30.5 Å². The first-order valence-corrected chi connectivity index (χ1v) is 11.2. The predicted octanol–water partition coefficient (Wildman–Crippen LogP) is 5.01. The second-order valence-electron chi connectivity index (χ2n) is 6.95. The minimum atomic E-state index is -0.171. The van der Waals surface area contributed by atoms with E-state index in [0.29, 0.717) is 38.6 Å². The molecule has 1 aliphatic carbocycles. The van der Waals surface area contributed by atoms with Gasteiger partial charge in [-0.1, -0.05) is 18.0 Å². The normalized spacial score (nSPS) is 13.0. The molecular formula is C22H24ClN3O3S. The maximum absolute atomic E-state index is 12.4. The molecule has 3 rings (SSSR count). The second kappa shape index (κ2) is 10.6. The van der Waals surface area contributed by atoms with E-state index in [9.17, 15) is 10.1 Å². The number of amides is 1. The molecule has 0 fully saturated rings. The molecule has 0 unspecified atom stereocenters. The first-order chi connectivity index (χ1) is 14.5. The number of halogens is 1. The van der Waals surface area contributed by atoms with Gasteiger partial charge in [-0.25, -0.2) is 4.98 Å². The number of rotatable bonds is 7. The van der Waals surface area contributed by atoms with Crippen molar-refractivity contribution >= 4 is 35.0 Å². The highest BCUT2D eigenvalue weighted by Gasteiger charge is 2.16. The minimum absolute atomic E-state index is 0.171. The number of fused-ring (bicyclic) bond motifs is 1. The van der Waals surface area contributed by atoms with Gasteiger partial charge >= 0.3 is 0 Å². The Balaban J connectivity index is 1.63. The largest absolute Gasteiger partial charge is 0.495 e. The number of hydrogen-bond acceptors (Lipinski definition) is 6. The summed E-state index contributed by atoms with van der Waals surface area (Å²) in [6.07, 6.45) is 5.67. The van der Waals surface area contributed by atoms with E-state index in [1.54, 1.807) is 12.1 Å². The van der Waals surface area contributed by atoms with Gasteiger partial charge in [0, 0.05) is 23.9 Å². The lowest BCUT2D eigenvalue weighted by atomic mass is 10.1. The fourth-order valence-electron chi connectivity index (χ4n) is 3.39. The molecule has 158 valence electrons.